The fourth-order valence-electron chi connectivity index (χ4n) is 6.04. The van der Waals surface area contributed by atoms with Crippen LogP contribution < -0.4 is 5.73 Å². The molecule has 0 bridgehead atoms. The topological polar surface area (TPSA) is 186 Å². The zero-order chi connectivity index (χ0) is 28.4. The lowest BCUT2D eigenvalue weighted by atomic mass is 9.67. The lowest BCUT2D eigenvalue weighted by molar-refractivity contribution is -0.248. The summed E-state index contributed by atoms with van der Waals surface area (Å²) in [6.45, 7) is 3.31. The molecule has 2 aromatic rings. The van der Waals surface area contributed by atoms with Crippen LogP contribution in [0.5, 0.6) is 11.5 Å². The molecular formula is C28H31NO10. The maximum Gasteiger partial charge on any atom is 0.316 e. The predicted molar refractivity (Wildman–Crippen MR) is 134 cm³/mol. The lowest BCUT2D eigenvalue weighted by Crippen LogP contribution is -2.52. The Morgan fingerprint density at radius 1 is 1.18 bits per heavy atom. The van der Waals surface area contributed by atoms with E-state index in [9.17, 15) is 34.8 Å². The van der Waals surface area contributed by atoms with Crippen LogP contribution in [0.2, 0.25) is 0 Å². The summed E-state index contributed by atoms with van der Waals surface area (Å²) in [6, 6.07) is 4.73. The molecule has 6 N–H and O–H groups in total. The van der Waals surface area contributed by atoms with Gasteiger partial charge in [0.25, 0.3) is 0 Å². The second-order valence-corrected chi connectivity index (χ2v) is 10.4. The molecule has 1 aliphatic heterocycles. The van der Waals surface area contributed by atoms with E-state index in [1.54, 1.807) is 13.8 Å². The molecule has 11 nitrogen and oxygen atoms in total. The molecule has 2 aromatic carbocycles. The molecule has 1 heterocycles. The number of hydrogen-bond donors (Lipinski definition) is 5. The molecule has 0 aromatic heterocycles. The maximum absolute atomic E-state index is 13.5. The zero-order valence-corrected chi connectivity index (χ0v) is 21.7. The minimum atomic E-state index is -1.70. The van der Waals surface area contributed by atoms with Gasteiger partial charge in [-0.1, -0.05) is 19.1 Å². The molecule has 39 heavy (non-hydrogen) atoms. The number of aliphatic hydroxyl groups excluding tert-OH is 1. The molecule has 1 fully saturated rings. The predicted octanol–water partition coefficient (Wildman–Crippen LogP) is 1.56. The van der Waals surface area contributed by atoms with Gasteiger partial charge in [0.15, 0.2) is 12.1 Å². The molecule has 0 amide bonds. The van der Waals surface area contributed by atoms with Crippen molar-refractivity contribution in [2.24, 2.45) is 5.73 Å². The number of hydrogen-bond acceptors (Lipinski definition) is 11. The SMILES string of the molecule is CC[C@@]1(O)C[C@H](O[C@@H]2C[C@H](N)[C@H](O)[C@@H](C)O2)c2c(cc3c(c2O)C(=O)c2c(O)cccc2C3=O)[C@H]1C(=O)OC. The van der Waals surface area contributed by atoms with E-state index in [-0.39, 0.29) is 52.6 Å². The lowest BCUT2D eigenvalue weighted by Gasteiger charge is -2.45. The van der Waals surface area contributed by atoms with Gasteiger partial charge in [0.05, 0.1) is 42.1 Å². The van der Waals surface area contributed by atoms with Crippen molar-refractivity contribution in [1.82, 2.24) is 0 Å². The molecule has 208 valence electrons. The van der Waals surface area contributed by atoms with Crippen LogP contribution in [0, 0.1) is 0 Å². The number of aliphatic hydroxyl groups is 2. The quantitative estimate of drug-likeness (QED) is 0.302. The molecule has 7 atom stereocenters. The summed E-state index contributed by atoms with van der Waals surface area (Å²) in [7, 11) is 1.16. The van der Waals surface area contributed by atoms with Crippen LogP contribution >= 0.6 is 0 Å². The van der Waals surface area contributed by atoms with E-state index in [0.29, 0.717) is 0 Å². The highest BCUT2D eigenvalue weighted by Gasteiger charge is 2.53. The third kappa shape index (κ3) is 4.12. The average Bonchev–Trinajstić information content (AvgIpc) is 2.89. The largest absolute Gasteiger partial charge is 0.507 e. The van der Waals surface area contributed by atoms with Gasteiger partial charge in [-0.15, -0.1) is 0 Å². The highest BCUT2D eigenvalue weighted by molar-refractivity contribution is 6.30. The van der Waals surface area contributed by atoms with E-state index in [4.69, 9.17) is 19.9 Å². The van der Waals surface area contributed by atoms with Crippen LogP contribution in [0.3, 0.4) is 0 Å². The normalized spacial score (nSPS) is 31.7. The zero-order valence-electron chi connectivity index (χ0n) is 21.7. The van der Waals surface area contributed by atoms with Crippen LogP contribution in [0.25, 0.3) is 0 Å². The summed E-state index contributed by atoms with van der Waals surface area (Å²) in [4.78, 5) is 40.0. The monoisotopic (exact) mass is 541 g/mol. The van der Waals surface area contributed by atoms with Crippen molar-refractivity contribution in [3.63, 3.8) is 0 Å². The smallest absolute Gasteiger partial charge is 0.316 e. The Labute approximate surface area is 224 Å². The molecule has 0 unspecified atom stereocenters. The number of methoxy groups -OCH3 is 1. The maximum atomic E-state index is 13.5. The van der Waals surface area contributed by atoms with E-state index in [1.165, 1.54) is 24.3 Å². The number of aromatic hydroxyl groups is 2. The Morgan fingerprint density at radius 2 is 1.90 bits per heavy atom. The van der Waals surface area contributed by atoms with Gasteiger partial charge in [0.1, 0.15) is 17.4 Å². The number of benzene rings is 2. The standard InChI is InChI=1S/C28H31NO10/c1-4-28(36)10-17(39-18-9-15(29)23(31)11(2)38-18)20-13(22(28)27(35)37-3)8-14-21(26(20)34)25(33)19-12(24(14)32)6-5-7-16(19)30/h5-8,11,15,17-18,22-23,30-31,34,36H,4,9-10,29H2,1-3H3/t11-,15+,17+,18-,22+,23-,28-/m1/s1. The number of fused-ring (bicyclic) bond motifs is 3. The van der Waals surface area contributed by atoms with Gasteiger partial charge in [-0.3, -0.25) is 14.4 Å². The molecule has 5 rings (SSSR count). The van der Waals surface area contributed by atoms with Gasteiger partial charge in [-0.25, -0.2) is 0 Å². The van der Waals surface area contributed by atoms with Gasteiger partial charge in [-0.2, -0.15) is 0 Å². The highest BCUT2D eigenvalue weighted by atomic mass is 16.7. The molecule has 3 aliphatic rings. The van der Waals surface area contributed by atoms with Gasteiger partial charge in [0.2, 0.25) is 5.78 Å². The fraction of sp³-hybridized carbons (Fsp3) is 0.464. The number of carbonyl (C=O) groups is 3. The molecule has 0 spiro atoms. The van der Waals surface area contributed by atoms with Gasteiger partial charge < -0.3 is 40.4 Å². The van der Waals surface area contributed by atoms with E-state index >= 15 is 0 Å². The van der Waals surface area contributed by atoms with E-state index < -0.39 is 71.2 Å². The summed E-state index contributed by atoms with van der Waals surface area (Å²) in [5.41, 5.74) is 3.67. The summed E-state index contributed by atoms with van der Waals surface area (Å²) in [6.07, 6.45) is -3.60. The first-order chi connectivity index (χ1) is 18.4. The van der Waals surface area contributed by atoms with E-state index in [1.807, 2.05) is 0 Å². The van der Waals surface area contributed by atoms with Gasteiger partial charge in [0, 0.05) is 35.6 Å². The molecule has 0 saturated carbocycles. The van der Waals surface area contributed by atoms with Crippen molar-refractivity contribution >= 4 is 17.5 Å². The second-order valence-electron chi connectivity index (χ2n) is 10.4. The summed E-state index contributed by atoms with van der Waals surface area (Å²) in [5, 5.41) is 43.8. The third-order valence-corrected chi connectivity index (χ3v) is 8.18. The Bertz CT molecular complexity index is 1360. The van der Waals surface area contributed by atoms with Crippen LogP contribution in [0.15, 0.2) is 24.3 Å². The number of ether oxygens (including phenoxy) is 3. The average molecular weight is 542 g/mol. The van der Waals surface area contributed by atoms with Gasteiger partial charge in [-0.05, 0) is 31.0 Å². The highest BCUT2D eigenvalue weighted by Crippen LogP contribution is 2.53. The number of carbonyl (C=O) groups excluding carboxylic acids is 3. The molecule has 0 radical (unpaired) electrons. The third-order valence-electron chi connectivity index (χ3n) is 8.18. The molecular weight excluding hydrogens is 510 g/mol. The summed E-state index contributed by atoms with van der Waals surface area (Å²) in [5.74, 6) is -4.51. The fourth-order valence-corrected chi connectivity index (χ4v) is 6.04. The van der Waals surface area contributed by atoms with Crippen LogP contribution in [-0.4, -0.2) is 75.2 Å². The minimum Gasteiger partial charge on any atom is -0.507 e. The molecule has 11 heteroatoms. The Hall–Kier alpha value is -3.35. The molecule has 2 aliphatic carbocycles. The minimum absolute atomic E-state index is 0.0262. The first kappa shape index (κ1) is 27.2. The van der Waals surface area contributed by atoms with E-state index in [2.05, 4.69) is 0 Å². The number of nitrogens with two attached hydrogens (primary N) is 1. The Balaban J connectivity index is 1.71. The number of phenolic OH excluding ortho intramolecular Hbond substituents is 2. The number of phenols is 2. The number of rotatable bonds is 4. The second kappa shape index (κ2) is 9.68. The van der Waals surface area contributed by atoms with Crippen LogP contribution in [0.1, 0.15) is 88.1 Å². The summed E-state index contributed by atoms with van der Waals surface area (Å²) < 4.78 is 17.0. The van der Waals surface area contributed by atoms with Crippen molar-refractivity contribution in [3.05, 3.63) is 57.6 Å². The molecule has 1 saturated heterocycles. The Morgan fingerprint density at radius 3 is 2.54 bits per heavy atom. The Kier molecular flexibility index (Phi) is 6.76. The van der Waals surface area contributed by atoms with Crippen LogP contribution in [0.4, 0.5) is 0 Å². The van der Waals surface area contributed by atoms with Gasteiger partial charge >= 0.3 is 5.97 Å². The number of esters is 1. The van der Waals surface area contributed by atoms with Crippen molar-refractivity contribution in [3.8, 4) is 11.5 Å². The summed E-state index contributed by atoms with van der Waals surface area (Å²) >= 11 is 0. The first-order valence-electron chi connectivity index (χ1n) is 12.8. The number of ketones is 2. The first-order valence-corrected chi connectivity index (χ1v) is 12.8. The van der Waals surface area contributed by atoms with E-state index in [0.717, 1.165) is 7.11 Å². The van der Waals surface area contributed by atoms with Crippen LogP contribution in [-0.2, 0) is 19.0 Å². The van der Waals surface area contributed by atoms with Crippen molar-refractivity contribution in [2.75, 3.05) is 7.11 Å². The van der Waals surface area contributed by atoms with Crippen molar-refractivity contribution < 1.29 is 49.0 Å². The van der Waals surface area contributed by atoms with Crippen molar-refractivity contribution in [2.45, 2.75) is 75.3 Å². The van der Waals surface area contributed by atoms with Crippen molar-refractivity contribution in [1.29, 1.82) is 0 Å².